The van der Waals surface area contributed by atoms with Crippen molar-refractivity contribution in [1.82, 2.24) is 15.0 Å². The first-order chi connectivity index (χ1) is 10.7. The van der Waals surface area contributed by atoms with Gasteiger partial charge in [-0.05, 0) is 29.8 Å². The van der Waals surface area contributed by atoms with E-state index in [1.54, 1.807) is 30.6 Å². The molecule has 22 heavy (non-hydrogen) atoms. The van der Waals surface area contributed by atoms with Gasteiger partial charge in [0.2, 0.25) is 0 Å². The van der Waals surface area contributed by atoms with E-state index < -0.39 is 0 Å². The molecule has 0 radical (unpaired) electrons. The Balaban J connectivity index is 1.97. The largest absolute Gasteiger partial charge is 0.338 e. The molecule has 0 aliphatic heterocycles. The van der Waals surface area contributed by atoms with Crippen molar-refractivity contribution >= 4 is 21.9 Å². The molecule has 0 saturated heterocycles. The molecule has 0 aliphatic carbocycles. The van der Waals surface area contributed by atoms with Crippen molar-refractivity contribution in [3.05, 3.63) is 60.3 Å². The highest BCUT2D eigenvalue weighted by molar-refractivity contribution is 6.06. The average molecular weight is 288 g/mol. The van der Waals surface area contributed by atoms with Gasteiger partial charge >= 0.3 is 0 Å². The minimum absolute atomic E-state index is 0.269. The van der Waals surface area contributed by atoms with Crippen molar-refractivity contribution in [2.45, 2.75) is 0 Å². The third kappa shape index (κ3) is 1.90. The summed E-state index contributed by atoms with van der Waals surface area (Å²) in [4.78, 5) is 11.6. The standard InChI is InChI=1S/C17H9FN4/c18-12-3-1-10(2-4-12)11-5-15-14-6-13(7-19)20-9-16(14)22-17(15)21-8-11/h1-6,8-9H,(H,21,22). The lowest BCUT2D eigenvalue weighted by atomic mass is 10.1. The molecule has 0 amide bonds. The smallest absolute Gasteiger partial charge is 0.141 e. The molecule has 4 aromatic rings. The normalized spacial score (nSPS) is 10.9. The Labute approximate surface area is 124 Å². The summed E-state index contributed by atoms with van der Waals surface area (Å²) in [6.45, 7) is 0. The molecule has 4 nitrogen and oxygen atoms in total. The Hall–Kier alpha value is -3.26. The van der Waals surface area contributed by atoms with Gasteiger partial charge in [-0.1, -0.05) is 12.1 Å². The first-order valence-electron chi connectivity index (χ1n) is 6.68. The monoisotopic (exact) mass is 288 g/mol. The summed E-state index contributed by atoms with van der Waals surface area (Å²) in [6, 6.07) is 12.0. The summed E-state index contributed by atoms with van der Waals surface area (Å²) in [5, 5.41) is 10.8. The van der Waals surface area contributed by atoms with Crippen molar-refractivity contribution in [1.29, 1.82) is 5.26 Å². The summed E-state index contributed by atoms with van der Waals surface area (Å²) < 4.78 is 13.0. The summed E-state index contributed by atoms with van der Waals surface area (Å²) in [5.41, 5.74) is 3.71. The van der Waals surface area contributed by atoms with Gasteiger partial charge in [0.25, 0.3) is 0 Å². The van der Waals surface area contributed by atoms with Crippen LogP contribution in [0.1, 0.15) is 5.69 Å². The first kappa shape index (κ1) is 12.5. The molecular formula is C17H9FN4. The van der Waals surface area contributed by atoms with Crippen LogP contribution >= 0.6 is 0 Å². The van der Waals surface area contributed by atoms with Crippen LogP contribution in [-0.4, -0.2) is 15.0 Å². The molecule has 0 saturated carbocycles. The van der Waals surface area contributed by atoms with Crippen molar-refractivity contribution in [2.24, 2.45) is 0 Å². The number of hydrogen-bond donors (Lipinski definition) is 1. The molecular weight excluding hydrogens is 279 g/mol. The SMILES string of the molecule is N#Cc1cc2c(cn1)[nH]c1ncc(-c3ccc(F)cc3)cc12. The molecule has 0 bridgehead atoms. The number of rotatable bonds is 1. The molecule has 3 aromatic heterocycles. The fraction of sp³-hybridized carbons (Fsp3) is 0. The maximum atomic E-state index is 13.0. The highest BCUT2D eigenvalue weighted by Crippen LogP contribution is 2.28. The predicted octanol–water partition coefficient (Wildman–Crippen LogP) is 3.79. The van der Waals surface area contributed by atoms with Gasteiger partial charge in [-0.25, -0.2) is 14.4 Å². The number of nitrogens with zero attached hydrogens (tertiary/aromatic N) is 3. The minimum Gasteiger partial charge on any atom is -0.338 e. The van der Waals surface area contributed by atoms with E-state index in [1.807, 2.05) is 12.1 Å². The van der Waals surface area contributed by atoms with E-state index in [4.69, 9.17) is 5.26 Å². The summed E-state index contributed by atoms with van der Waals surface area (Å²) >= 11 is 0. The molecule has 0 spiro atoms. The van der Waals surface area contributed by atoms with E-state index in [0.29, 0.717) is 5.69 Å². The van der Waals surface area contributed by atoms with Crippen LogP contribution in [0.25, 0.3) is 33.1 Å². The van der Waals surface area contributed by atoms with Crippen LogP contribution in [0.4, 0.5) is 4.39 Å². The zero-order chi connectivity index (χ0) is 15.1. The lowest BCUT2D eigenvalue weighted by molar-refractivity contribution is 0.628. The third-order valence-corrected chi connectivity index (χ3v) is 3.63. The van der Waals surface area contributed by atoms with Crippen LogP contribution in [-0.2, 0) is 0 Å². The summed E-state index contributed by atoms with van der Waals surface area (Å²) in [7, 11) is 0. The maximum Gasteiger partial charge on any atom is 0.141 e. The Morgan fingerprint density at radius 1 is 0.955 bits per heavy atom. The van der Waals surface area contributed by atoms with Crippen LogP contribution in [0.15, 0.2) is 48.8 Å². The van der Waals surface area contributed by atoms with Gasteiger partial charge in [0.15, 0.2) is 0 Å². The number of nitrogens with one attached hydrogen (secondary N) is 1. The Bertz CT molecular complexity index is 1040. The summed E-state index contributed by atoms with van der Waals surface area (Å²) in [5.74, 6) is -0.269. The van der Waals surface area contributed by atoms with Gasteiger partial charge < -0.3 is 4.98 Å². The lowest BCUT2D eigenvalue weighted by Gasteiger charge is -2.01. The number of pyridine rings is 2. The van der Waals surface area contributed by atoms with Crippen molar-refractivity contribution < 1.29 is 4.39 Å². The number of benzene rings is 1. The van der Waals surface area contributed by atoms with E-state index in [9.17, 15) is 4.39 Å². The quantitative estimate of drug-likeness (QED) is 0.579. The molecule has 0 unspecified atom stereocenters. The number of halogens is 1. The number of aromatic nitrogens is 3. The maximum absolute atomic E-state index is 13.0. The van der Waals surface area contributed by atoms with Gasteiger partial charge in [-0.15, -0.1) is 0 Å². The second kappa shape index (κ2) is 4.64. The number of nitriles is 1. The fourth-order valence-corrected chi connectivity index (χ4v) is 2.54. The van der Waals surface area contributed by atoms with Gasteiger partial charge in [-0.3, -0.25) is 0 Å². The fourth-order valence-electron chi connectivity index (χ4n) is 2.54. The Morgan fingerprint density at radius 2 is 1.77 bits per heavy atom. The van der Waals surface area contributed by atoms with E-state index in [1.165, 1.54) is 12.1 Å². The van der Waals surface area contributed by atoms with Crippen LogP contribution in [0.5, 0.6) is 0 Å². The molecule has 0 atom stereocenters. The van der Waals surface area contributed by atoms with Crippen molar-refractivity contribution in [3.8, 4) is 17.2 Å². The molecule has 1 aromatic carbocycles. The van der Waals surface area contributed by atoms with E-state index in [0.717, 1.165) is 33.1 Å². The minimum atomic E-state index is -0.269. The molecule has 0 aliphatic rings. The van der Waals surface area contributed by atoms with Crippen LogP contribution in [0.2, 0.25) is 0 Å². The van der Waals surface area contributed by atoms with Gasteiger partial charge in [0, 0.05) is 22.5 Å². The van der Waals surface area contributed by atoms with Crippen molar-refractivity contribution in [2.75, 3.05) is 0 Å². The molecule has 1 N–H and O–H groups in total. The Kier molecular flexibility index (Phi) is 2.63. The number of aromatic amines is 1. The zero-order valence-corrected chi connectivity index (χ0v) is 11.3. The highest BCUT2D eigenvalue weighted by atomic mass is 19.1. The van der Waals surface area contributed by atoms with Gasteiger partial charge in [0.05, 0.1) is 11.7 Å². The topological polar surface area (TPSA) is 65.4 Å². The van der Waals surface area contributed by atoms with Gasteiger partial charge in [-0.2, -0.15) is 5.26 Å². The highest BCUT2D eigenvalue weighted by Gasteiger charge is 2.09. The van der Waals surface area contributed by atoms with Crippen molar-refractivity contribution in [3.63, 3.8) is 0 Å². The summed E-state index contributed by atoms with van der Waals surface area (Å²) in [6.07, 6.45) is 3.37. The second-order valence-corrected chi connectivity index (χ2v) is 4.98. The lowest BCUT2D eigenvalue weighted by Crippen LogP contribution is -1.82. The van der Waals surface area contributed by atoms with E-state index in [2.05, 4.69) is 15.0 Å². The third-order valence-electron chi connectivity index (χ3n) is 3.63. The molecule has 0 fully saturated rings. The number of fused-ring (bicyclic) bond motifs is 3. The predicted molar refractivity (Wildman–Crippen MR) is 81.5 cm³/mol. The molecule has 3 heterocycles. The molecule has 5 heteroatoms. The van der Waals surface area contributed by atoms with Crippen LogP contribution in [0.3, 0.4) is 0 Å². The molecule has 104 valence electrons. The number of H-pyrrole nitrogens is 1. The van der Waals surface area contributed by atoms with Crippen LogP contribution in [0, 0.1) is 17.1 Å². The van der Waals surface area contributed by atoms with E-state index >= 15 is 0 Å². The average Bonchev–Trinajstić information content (AvgIpc) is 2.92. The number of hydrogen-bond acceptors (Lipinski definition) is 3. The molecule has 4 rings (SSSR count). The van der Waals surface area contributed by atoms with Crippen LogP contribution < -0.4 is 0 Å². The Morgan fingerprint density at radius 3 is 2.55 bits per heavy atom. The van der Waals surface area contributed by atoms with E-state index in [-0.39, 0.29) is 5.82 Å². The second-order valence-electron chi connectivity index (χ2n) is 4.98. The first-order valence-corrected chi connectivity index (χ1v) is 6.68. The van der Waals surface area contributed by atoms with Gasteiger partial charge in [0.1, 0.15) is 23.2 Å². The zero-order valence-electron chi connectivity index (χ0n) is 11.3.